The van der Waals surface area contributed by atoms with Crippen molar-refractivity contribution in [3.63, 3.8) is 0 Å². The number of rotatable bonds is 8. The van der Waals surface area contributed by atoms with E-state index in [9.17, 15) is 9.59 Å². The van der Waals surface area contributed by atoms with Crippen LogP contribution in [0.15, 0.2) is 52.9 Å². The Morgan fingerprint density at radius 3 is 2.85 bits per heavy atom. The van der Waals surface area contributed by atoms with E-state index in [2.05, 4.69) is 21.3 Å². The lowest BCUT2D eigenvalue weighted by Crippen LogP contribution is -2.22. The van der Waals surface area contributed by atoms with Crippen LogP contribution in [-0.2, 0) is 17.8 Å². The second kappa shape index (κ2) is 9.23. The van der Waals surface area contributed by atoms with Crippen molar-refractivity contribution < 1.29 is 9.53 Å². The highest BCUT2D eigenvalue weighted by Crippen LogP contribution is 2.25. The number of para-hydroxylation sites is 1. The van der Waals surface area contributed by atoms with Gasteiger partial charge in [-0.2, -0.15) is 0 Å². The summed E-state index contributed by atoms with van der Waals surface area (Å²) in [6.07, 6.45) is 4.02. The summed E-state index contributed by atoms with van der Waals surface area (Å²) >= 11 is 1.33. The van der Waals surface area contributed by atoms with Gasteiger partial charge < -0.3 is 9.30 Å². The fourth-order valence-electron chi connectivity index (χ4n) is 4.68. The first-order chi connectivity index (χ1) is 16.5. The minimum Gasteiger partial charge on any atom is -0.376 e. The van der Waals surface area contributed by atoms with E-state index in [0.717, 1.165) is 48.5 Å². The zero-order valence-corrected chi connectivity index (χ0v) is 20.2. The highest BCUT2D eigenvalue weighted by molar-refractivity contribution is 7.99. The molecule has 3 aromatic heterocycles. The fraction of sp³-hybridized carbons (Fsp3) is 0.360. The lowest BCUT2D eigenvalue weighted by Gasteiger charge is -2.14. The van der Waals surface area contributed by atoms with Crippen molar-refractivity contribution in [3.05, 3.63) is 70.3 Å². The Morgan fingerprint density at radius 1 is 1.26 bits per heavy atom. The average molecular weight is 478 g/mol. The van der Waals surface area contributed by atoms with E-state index >= 15 is 0 Å². The maximum atomic E-state index is 13.2. The predicted molar refractivity (Wildman–Crippen MR) is 133 cm³/mol. The number of aromatic nitrogens is 5. The van der Waals surface area contributed by atoms with Crippen LogP contribution in [0.3, 0.4) is 0 Å². The number of Topliss-reactive ketones (excluding diaryl/α,β-unsaturated/α-hetero) is 1. The summed E-state index contributed by atoms with van der Waals surface area (Å²) in [4.78, 5) is 26.1. The van der Waals surface area contributed by atoms with E-state index in [1.54, 1.807) is 16.7 Å². The zero-order chi connectivity index (χ0) is 23.8. The number of nitrogens with zero attached hydrogens (tertiary/aromatic N) is 5. The van der Waals surface area contributed by atoms with E-state index in [1.165, 1.54) is 11.8 Å². The molecule has 0 radical (unpaired) electrons. The van der Waals surface area contributed by atoms with Crippen molar-refractivity contribution in [1.29, 1.82) is 0 Å². The van der Waals surface area contributed by atoms with Gasteiger partial charge in [0.05, 0.1) is 22.8 Å². The molecule has 5 rings (SSSR count). The van der Waals surface area contributed by atoms with E-state index in [-0.39, 0.29) is 23.2 Å². The number of ketones is 1. The molecule has 0 saturated carbocycles. The van der Waals surface area contributed by atoms with E-state index < -0.39 is 0 Å². The average Bonchev–Trinajstić information content (AvgIpc) is 3.57. The standard InChI is InChI=1S/C25H27N5O3S/c1-4-11-28-23(32)19-9-5-6-10-21(19)30-24(28)26-27-25(30)34-15-22(31)20-13-16(2)29(17(20)3)14-18-8-7-12-33-18/h4-6,9-10,13,18H,1,7-8,11-12,14-15H2,2-3H3/t18-/m0/s1. The number of carbonyl (C=O) groups is 1. The molecule has 0 aliphatic carbocycles. The van der Waals surface area contributed by atoms with Gasteiger partial charge >= 0.3 is 0 Å². The third kappa shape index (κ3) is 3.88. The van der Waals surface area contributed by atoms with Gasteiger partial charge in [-0.15, -0.1) is 16.8 Å². The molecule has 1 aliphatic rings. The van der Waals surface area contributed by atoms with Gasteiger partial charge in [-0.05, 0) is 44.9 Å². The Balaban J connectivity index is 1.44. The molecule has 0 bridgehead atoms. The Hall–Kier alpha value is -3.17. The predicted octanol–water partition coefficient (Wildman–Crippen LogP) is 3.80. The van der Waals surface area contributed by atoms with Crippen molar-refractivity contribution in [2.45, 2.75) is 51.0 Å². The van der Waals surface area contributed by atoms with Crippen LogP contribution < -0.4 is 5.56 Å². The Bertz CT molecular complexity index is 1460. The molecule has 0 amide bonds. The van der Waals surface area contributed by atoms with Crippen LogP contribution in [0, 0.1) is 13.8 Å². The monoisotopic (exact) mass is 477 g/mol. The largest absolute Gasteiger partial charge is 0.376 e. The number of hydrogen-bond acceptors (Lipinski definition) is 6. The number of aryl methyl sites for hydroxylation is 1. The molecular formula is C25H27N5O3S. The SMILES string of the molecule is C=CCn1c(=O)c2ccccc2n2c(SCC(=O)c3cc(C)n(C[C@@H]4CCCO4)c3C)nnc12. The first-order valence-corrected chi connectivity index (χ1v) is 12.4. The molecule has 0 spiro atoms. The normalized spacial score (nSPS) is 16.0. The number of hydrogen-bond donors (Lipinski definition) is 0. The number of carbonyl (C=O) groups excluding carboxylic acids is 1. The van der Waals surface area contributed by atoms with Crippen LogP contribution in [-0.4, -0.2) is 48.0 Å². The van der Waals surface area contributed by atoms with Crippen LogP contribution in [0.4, 0.5) is 0 Å². The number of benzene rings is 1. The number of thioether (sulfide) groups is 1. The van der Waals surface area contributed by atoms with Gasteiger partial charge in [-0.1, -0.05) is 30.0 Å². The lowest BCUT2D eigenvalue weighted by molar-refractivity contribution is 0.0957. The summed E-state index contributed by atoms with van der Waals surface area (Å²) in [6, 6.07) is 9.34. The summed E-state index contributed by atoms with van der Waals surface area (Å²) in [7, 11) is 0. The highest BCUT2D eigenvalue weighted by atomic mass is 32.2. The molecule has 8 nitrogen and oxygen atoms in total. The number of allylic oxidation sites excluding steroid dienone is 1. The molecule has 9 heteroatoms. The van der Waals surface area contributed by atoms with E-state index in [0.29, 0.717) is 22.9 Å². The van der Waals surface area contributed by atoms with Gasteiger partial charge in [-0.25, -0.2) is 0 Å². The summed E-state index contributed by atoms with van der Waals surface area (Å²) in [6.45, 7) is 9.70. The van der Waals surface area contributed by atoms with Crippen LogP contribution in [0.1, 0.15) is 34.6 Å². The second-order valence-corrected chi connectivity index (χ2v) is 9.52. The van der Waals surface area contributed by atoms with E-state index in [1.807, 2.05) is 42.5 Å². The molecule has 1 atom stereocenters. The minimum absolute atomic E-state index is 0.0390. The molecule has 4 heterocycles. The van der Waals surface area contributed by atoms with Crippen LogP contribution in [0.5, 0.6) is 0 Å². The smallest absolute Gasteiger partial charge is 0.263 e. The molecule has 34 heavy (non-hydrogen) atoms. The molecule has 1 saturated heterocycles. The van der Waals surface area contributed by atoms with Crippen molar-refractivity contribution in [3.8, 4) is 0 Å². The molecule has 176 valence electrons. The quantitative estimate of drug-likeness (QED) is 0.218. The Morgan fingerprint density at radius 2 is 2.09 bits per heavy atom. The van der Waals surface area contributed by atoms with Gasteiger partial charge in [0.15, 0.2) is 10.9 Å². The Kier molecular flexibility index (Phi) is 6.14. The molecule has 0 unspecified atom stereocenters. The van der Waals surface area contributed by atoms with Gasteiger partial charge in [0.2, 0.25) is 5.78 Å². The van der Waals surface area contributed by atoms with Crippen LogP contribution in [0.25, 0.3) is 16.7 Å². The number of ether oxygens (including phenoxy) is 1. The maximum absolute atomic E-state index is 13.2. The van der Waals surface area contributed by atoms with Crippen LogP contribution in [0.2, 0.25) is 0 Å². The molecule has 1 fully saturated rings. The van der Waals surface area contributed by atoms with Crippen molar-refractivity contribution in [2.24, 2.45) is 0 Å². The van der Waals surface area contributed by atoms with Gasteiger partial charge in [0.1, 0.15) is 0 Å². The van der Waals surface area contributed by atoms with Gasteiger partial charge in [0, 0.05) is 36.6 Å². The topological polar surface area (TPSA) is 83.4 Å². The Labute approximate surface area is 201 Å². The van der Waals surface area contributed by atoms with E-state index in [4.69, 9.17) is 4.74 Å². The summed E-state index contributed by atoms with van der Waals surface area (Å²) in [5.74, 6) is 0.699. The molecule has 1 aromatic carbocycles. The minimum atomic E-state index is -0.137. The molecule has 0 N–H and O–H groups in total. The van der Waals surface area contributed by atoms with Gasteiger partial charge in [-0.3, -0.25) is 18.6 Å². The van der Waals surface area contributed by atoms with Crippen molar-refractivity contribution >= 4 is 34.2 Å². The van der Waals surface area contributed by atoms with Crippen LogP contribution >= 0.6 is 11.8 Å². The number of fused-ring (bicyclic) bond motifs is 3. The fourth-order valence-corrected chi connectivity index (χ4v) is 5.51. The maximum Gasteiger partial charge on any atom is 0.263 e. The molecule has 1 aliphatic heterocycles. The third-order valence-corrected chi connectivity index (χ3v) is 7.34. The van der Waals surface area contributed by atoms with Gasteiger partial charge in [0.25, 0.3) is 5.56 Å². The molecule has 4 aromatic rings. The third-order valence-electron chi connectivity index (χ3n) is 6.41. The zero-order valence-electron chi connectivity index (χ0n) is 19.4. The first kappa shape index (κ1) is 22.6. The van der Waals surface area contributed by atoms with Crippen molar-refractivity contribution in [2.75, 3.05) is 12.4 Å². The second-order valence-electron chi connectivity index (χ2n) is 8.58. The first-order valence-electron chi connectivity index (χ1n) is 11.4. The molecular weight excluding hydrogens is 450 g/mol. The summed E-state index contributed by atoms with van der Waals surface area (Å²) in [5, 5.41) is 9.73. The summed E-state index contributed by atoms with van der Waals surface area (Å²) < 4.78 is 11.4. The summed E-state index contributed by atoms with van der Waals surface area (Å²) in [5.41, 5.74) is 3.34. The highest BCUT2D eigenvalue weighted by Gasteiger charge is 2.22. The van der Waals surface area contributed by atoms with Crippen molar-refractivity contribution in [1.82, 2.24) is 23.7 Å². The lowest BCUT2D eigenvalue weighted by atomic mass is 10.2.